The molecule has 0 saturated carbocycles. The highest BCUT2D eigenvalue weighted by Crippen LogP contribution is 2.41. The van der Waals surface area contributed by atoms with Gasteiger partial charge < -0.3 is 10.6 Å². The summed E-state index contributed by atoms with van der Waals surface area (Å²) in [5.74, 6) is -1.31. The number of halogens is 3. The number of nitrogens with zero attached hydrogens (tertiary/aromatic N) is 2. The van der Waals surface area contributed by atoms with Gasteiger partial charge in [0.25, 0.3) is 5.91 Å². The van der Waals surface area contributed by atoms with E-state index >= 15 is 0 Å². The van der Waals surface area contributed by atoms with Gasteiger partial charge >= 0.3 is 6.18 Å². The van der Waals surface area contributed by atoms with Crippen LogP contribution in [0.15, 0.2) is 84.9 Å². The molecule has 36 heavy (non-hydrogen) atoms. The lowest BCUT2D eigenvalue weighted by Gasteiger charge is -2.33. The highest BCUT2D eigenvalue weighted by Gasteiger charge is 2.42. The number of nitrogens with one attached hydrogen (secondary N) is 2. The first-order chi connectivity index (χ1) is 17.2. The lowest BCUT2D eigenvalue weighted by atomic mass is 9.81. The summed E-state index contributed by atoms with van der Waals surface area (Å²) in [5.41, 5.74) is 1.93. The second-order valence-corrected chi connectivity index (χ2v) is 8.50. The predicted octanol–water partition coefficient (Wildman–Crippen LogP) is 5.08. The third-order valence-electron chi connectivity index (χ3n) is 6.20. The number of para-hydroxylation sites is 1. The molecule has 0 unspecified atom stereocenters. The summed E-state index contributed by atoms with van der Waals surface area (Å²) < 4.78 is 41.3. The number of hydrogen-bond donors (Lipinski definition) is 2. The maximum atomic E-state index is 13.4. The van der Waals surface area contributed by atoms with Gasteiger partial charge in [0.1, 0.15) is 11.9 Å². The van der Waals surface area contributed by atoms with Crippen LogP contribution >= 0.6 is 0 Å². The number of alkyl halides is 3. The van der Waals surface area contributed by atoms with Crippen LogP contribution in [0, 0.1) is 6.92 Å². The van der Waals surface area contributed by atoms with Crippen molar-refractivity contribution in [3.8, 4) is 5.69 Å². The normalized spacial score (nSPS) is 17.3. The zero-order chi connectivity index (χ0) is 25.4. The second kappa shape index (κ2) is 8.99. The van der Waals surface area contributed by atoms with Gasteiger partial charge in [-0.2, -0.15) is 18.3 Å². The van der Waals surface area contributed by atoms with Gasteiger partial charge in [-0.1, -0.05) is 48.5 Å². The van der Waals surface area contributed by atoms with Crippen LogP contribution in [0.5, 0.6) is 0 Å². The van der Waals surface area contributed by atoms with Crippen molar-refractivity contribution in [2.45, 2.75) is 25.1 Å². The van der Waals surface area contributed by atoms with E-state index in [1.807, 2.05) is 30.3 Å². The maximum absolute atomic E-state index is 13.4. The molecule has 2 atom stereocenters. The molecule has 5 rings (SSSR count). The molecule has 0 spiro atoms. The van der Waals surface area contributed by atoms with E-state index in [9.17, 15) is 22.8 Å². The summed E-state index contributed by atoms with van der Waals surface area (Å²) in [6, 6.07) is 21.2. The van der Waals surface area contributed by atoms with Crippen molar-refractivity contribution >= 4 is 17.6 Å². The monoisotopic (exact) mass is 490 g/mol. The van der Waals surface area contributed by atoms with Crippen molar-refractivity contribution in [1.82, 2.24) is 15.1 Å². The molecule has 6 nitrogen and oxygen atoms in total. The van der Waals surface area contributed by atoms with Crippen molar-refractivity contribution in [2.24, 2.45) is 0 Å². The molecule has 0 radical (unpaired) electrons. The number of carbonyl (C=O) groups excluding carboxylic acids is 2. The topological polar surface area (TPSA) is 76.0 Å². The Kier molecular flexibility index (Phi) is 5.83. The van der Waals surface area contributed by atoms with Gasteiger partial charge in [-0.05, 0) is 48.9 Å². The highest BCUT2D eigenvalue weighted by molar-refractivity contribution is 6.04. The van der Waals surface area contributed by atoms with E-state index in [1.54, 1.807) is 41.9 Å². The number of aryl methyl sites for hydroxylation is 1. The number of fused-ring (bicyclic) bond motifs is 1. The molecule has 1 aliphatic heterocycles. The molecule has 182 valence electrons. The first kappa shape index (κ1) is 23.3. The summed E-state index contributed by atoms with van der Waals surface area (Å²) >= 11 is 0. The van der Waals surface area contributed by atoms with Crippen LogP contribution in [-0.4, -0.2) is 27.6 Å². The van der Waals surface area contributed by atoms with Crippen molar-refractivity contribution in [3.63, 3.8) is 0 Å². The number of aromatic nitrogens is 2. The molecule has 1 aromatic heterocycles. The molecule has 2 N–H and O–H groups in total. The first-order valence-electron chi connectivity index (χ1n) is 11.2. The molecule has 3 aromatic carbocycles. The van der Waals surface area contributed by atoms with Crippen LogP contribution in [0.25, 0.3) is 5.69 Å². The van der Waals surface area contributed by atoms with Crippen LogP contribution in [-0.2, 0) is 11.0 Å². The predicted molar refractivity (Wildman–Crippen MR) is 128 cm³/mol. The van der Waals surface area contributed by atoms with Crippen LogP contribution in [0.1, 0.15) is 38.7 Å². The van der Waals surface area contributed by atoms with E-state index < -0.39 is 35.5 Å². The third kappa shape index (κ3) is 4.24. The fraction of sp³-hybridized carbons (Fsp3) is 0.148. The fourth-order valence-corrected chi connectivity index (χ4v) is 4.50. The molecule has 0 saturated heterocycles. The Balaban J connectivity index is 1.63. The Morgan fingerprint density at radius 2 is 1.56 bits per heavy atom. The lowest BCUT2D eigenvalue weighted by Crippen LogP contribution is -2.50. The van der Waals surface area contributed by atoms with Crippen LogP contribution in [0.2, 0.25) is 0 Å². The Morgan fingerprint density at radius 3 is 2.17 bits per heavy atom. The van der Waals surface area contributed by atoms with Gasteiger partial charge in [0, 0.05) is 17.0 Å². The molecular formula is C27H21F3N4O2. The second-order valence-electron chi connectivity index (χ2n) is 8.50. The molecule has 1 aliphatic rings. The van der Waals surface area contributed by atoms with Gasteiger partial charge in [-0.15, -0.1) is 0 Å². The molecule has 2 heterocycles. The number of anilines is 1. The van der Waals surface area contributed by atoms with Gasteiger partial charge in [0.2, 0.25) is 5.91 Å². The minimum atomic E-state index is -4.50. The average molecular weight is 490 g/mol. The van der Waals surface area contributed by atoms with Gasteiger partial charge in [-0.3, -0.25) is 9.59 Å². The molecule has 0 aliphatic carbocycles. The van der Waals surface area contributed by atoms with E-state index in [2.05, 4.69) is 15.7 Å². The Labute approximate surface area is 204 Å². The van der Waals surface area contributed by atoms with Crippen molar-refractivity contribution in [1.29, 1.82) is 0 Å². The molecule has 0 bridgehead atoms. The Bertz CT molecular complexity index is 1420. The number of amides is 2. The van der Waals surface area contributed by atoms with E-state index in [-0.39, 0.29) is 0 Å². The van der Waals surface area contributed by atoms with E-state index in [4.69, 9.17) is 0 Å². The zero-order valence-corrected chi connectivity index (χ0v) is 19.1. The SMILES string of the molecule is Cc1nn(-c2ccccc2)c2c1[C@H](c1ccc(C(F)(F)F)cc1)[C@@H](NC(=O)c1ccccc1)C(=O)N2. The molecule has 0 fully saturated rings. The molecule has 4 aromatic rings. The van der Waals surface area contributed by atoms with Crippen molar-refractivity contribution < 1.29 is 22.8 Å². The van der Waals surface area contributed by atoms with E-state index in [0.717, 1.165) is 12.1 Å². The summed E-state index contributed by atoms with van der Waals surface area (Å²) in [6.45, 7) is 1.77. The van der Waals surface area contributed by atoms with E-state index in [0.29, 0.717) is 33.9 Å². The van der Waals surface area contributed by atoms with Gasteiger partial charge in [-0.25, -0.2) is 4.68 Å². The lowest BCUT2D eigenvalue weighted by molar-refractivity contribution is -0.137. The number of hydrogen-bond acceptors (Lipinski definition) is 3. The standard InChI is InChI=1S/C27H21F3N4O2/c1-16-21-22(17-12-14-19(15-13-17)27(28,29)30)23(31-25(35)18-8-4-2-5-9-18)26(36)32-24(21)34(33-16)20-10-6-3-7-11-20/h2-15,22-23H,1H3,(H,31,35)(H,32,36)/t22-,23+/m0/s1. The Hall–Kier alpha value is -4.40. The maximum Gasteiger partial charge on any atom is 0.416 e. The van der Waals surface area contributed by atoms with Crippen molar-refractivity contribution in [2.75, 3.05) is 5.32 Å². The number of carbonyl (C=O) groups is 2. The average Bonchev–Trinajstić information content (AvgIpc) is 3.20. The minimum Gasteiger partial charge on any atom is -0.339 e. The fourth-order valence-electron chi connectivity index (χ4n) is 4.50. The Morgan fingerprint density at radius 1 is 0.944 bits per heavy atom. The summed E-state index contributed by atoms with van der Waals surface area (Å²) in [4.78, 5) is 26.4. The first-order valence-corrected chi connectivity index (χ1v) is 11.2. The molecule has 2 amide bonds. The van der Waals surface area contributed by atoms with E-state index in [1.165, 1.54) is 12.1 Å². The summed E-state index contributed by atoms with van der Waals surface area (Å²) in [7, 11) is 0. The summed E-state index contributed by atoms with van der Waals surface area (Å²) in [5, 5.41) is 10.3. The highest BCUT2D eigenvalue weighted by atomic mass is 19.4. The zero-order valence-electron chi connectivity index (χ0n) is 19.1. The van der Waals surface area contributed by atoms with Crippen molar-refractivity contribution in [3.05, 3.63) is 113 Å². The van der Waals surface area contributed by atoms with Crippen LogP contribution in [0.4, 0.5) is 19.0 Å². The summed E-state index contributed by atoms with van der Waals surface area (Å²) in [6.07, 6.45) is -4.50. The minimum absolute atomic E-state index is 0.360. The molecular weight excluding hydrogens is 469 g/mol. The van der Waals surface area contributed by atoms with Gasteiger partial charge in [0.05, 0.1) is 16.9 Å². The third-order valence-corrected chi connectivity index (χ3v) is 6.20. The number of rotatable bonds is 4. The quantitative estimate of drug-likeness (QED) is 0.419. The van der Waals surface area contributed by atoms with Crippen LogP contribution < -0.4 is 10.6 Å². The smallest absolute Gasteiger partial charge is 0.339 e. The van der Waals surface area contributed by atoms with Gasteiger partial charge in [0.15, 0.2) is 0 Å². The molecule has 9 heteroatoms. The largest absolute Gasteiger partial charge is 0.416 e. The number of benzene rings is 3. The van der Waals surface area contributed by atoms with Crippen LogP contribution in [0.3, 0.4) is 0 Å².